The number of anilines is 1. The normalized spacial score (nSPS) is 11.0. The molecule has 0 unspecified atom stereocenters. The van der Waals surface area contributed by atoms with Gasteiger partial charge in [-0.15, -0.1) is 0 Å². The maximum absolute atomic E-state index is 13.1. The second-order valence-electron chi connectivity index (χ2n) is 7.49. The molecule has 0 atom stereocenters. The van der Waals surface area contributed by atoms with E-state index in [-0.39, 0.29) is 12.5 Å². The van der Waals surface area contributed by atoms with Gasteiger partial charge in [0, 0.05) is 46.8 Å². The van der Waals surface area contributed by atoms with Gasteiger partial charge in [-0.05, 0) is 37.1 Å². The summed E-state index contributed by atoms with van der Waals surface area (Å²) in [7, 11) is 0. The minimum atomic E-state index is -0.567. The summed E-state index contributed by atoms with van der Waals surface area (Å²) in [5.74, 6) is -0.713. The second kappa shape index (κ2) is 8.63. The van der Waals surface area contributed by atoms with Crippen LogP contribution < -0.4 is 10.9 Å². The third-order valence-corrected chi connectivity index (χ3v) is 5.29. The number of hydrogen-bond acceptors (Lipinski definition) is 6. The number of ether oxygens (including phenoxy) is 1. The van der Waals surface area contributed by atoms with E-state index in [9.17, 15) is 14.4 Å². The van der Waals surface area contributed by atoms with Crippen LogP contribution in [0.2, 0.25) is 0 Å². The van der Waals surface area contributed by atoms with E-state index in [1.54, 1.807) is 18.2 Å². The largest absolute Gasteiger partial charge is 0.457 e. The standard InChI is InChI=1S/C25H22N2O5/c1-4-20-14(2)24(19-7-5-6-8-21(19)27-20)25(30)31-13-16-11-23(29)32-22-12-17(26-15(3)28)9-10-18(16)22/h5-12H,4,13H2,1-3H3,(H,26,28). The molecule has 162 valence electrons. The van der Waals surface area contributed by atoms with Gasteiger partial charge in [-0.2, -0.15) is 0 Å². The first-order valence-electron chi connectivity index (χ1n) is 10.3. The van der Waals surface area contributed by atoms with E-state index in [2.05, 4.69) is 10.3 Å². The number of hydrogen-bond donors (Lipinski definition) is 1. The molecule has 0 bridgehead atoms. The average molecular weight is 430 g/mol. The number of carbonyl (C=O) groups is 2. The lowest BCUT2D eigenvalue weighted by Gasteiger charge is -2.14. The van der Waals surface area contributed by atoms with Gasteiger partial charge in [0.2, 0.25) is 5.91 Å². The number of pyridine rings is 1. The summed E-state index contributed by atoms with van der Waals surface area (Å²) in [5, 5.41) is 4.00. The minimum Gasteiger partial charge on any atom is -0.457 e. The predicted molar refractivity (Wildman–Crippen MR) is 122 cm³/mol. The molecule has 0 aliphatic carbocycles. The average Bonchev–Trinajstić information content (AvgIpc) is 2.76. The summed E-state index contributed by atoms with van der Waals surface area (Å²) >= 11 is 0. The van der Waals surface area contributed by atoms with E-state index in [1.807, 2.05) is 38.1 Å². The van der Waals surface area contributed by atoms with Gasteiger partial charge < -0.3 is 14.5 Å². The number of benzene rings is 2. The number of fused-ring (bicyclic) bond motifs is 2. The summed E-state index contributed by atoms with van der Waals surface area (Å²) < 4.78 is 10.9. The van der Waals surface area contributed by atoms with Crippen LogP contribution in [0.4, 0.5) is 5.69 Å². The van der Waals surface area contributed by atoms with Gasteiger partial charge in [-0.25, -0.2) is 9.59 Å². The van der Waals surface area contributed by atoms with Crippen LogP contribution in [0.3, 0.4) is 0 Å². The molecule has 0 radical (unpaired) electrons. The van der Waals surface area contributed by atoms with Crippen LogP contribution >= 0.6 is 0 Å². The van der Waals surface area contributed by atoms with Gasteiger partial charge in [0.15, 0.2) is 0 Å². The molecule has 0 saturated heterocycles. The molecule has 0 spiro atoms. The molecule has 1 amide bonds. The Hall–Kier alpha value is -4.00. The van der Waals surface area contributed by atoms with Crippen LogP contribution in [0.15, 0.2) is 57.7 Å². The molecule has 4 aromatic rings. The molecule has 7 nitrogen and oxygen atoms in total. The Morgan fingerprint density at radius 1 is 1.09 bits per heavy atom. The van der Waals surface area contributed by atoms with E-state index in [1.165, 1.54) is 13.0 Å². The maximum Gasteiger partial charge on any atom is 0.339 e. The number of esters is 1. The highest BCUT2D eigenvalue weighted by Gasteiger charge is 2.19. The third kappa shape index (κ3) is 4.09. The fraction of sp³-hybridized carbons (Fsp3) is 0.200. The quantitative estimate of drug-likeness (QED) is 0.369. The molecule has 0 aliphatic rings. The van der Waals surface area contributed by atoms with Gasteiger partial charge in [0.05, 0.1) is 11.1 Å². The molecular formula is C25H22N2O5. The molecule has 1 N–H and O–H groups in total. The number of nitrogens with one attached hydrogen (secondary N) is 1. The lowest BCUT2D eigenvalue weighted by Crippen LogP contribution is -2.12. The highest BCUT2D eigenvalue weighted by Crippen LogP contribution is 2.26. The SMILES string of the molecule is CCc1nc2ccccc2c(C(=O)OCc2cc(=O)oc3cc(NC(C)=O)ccc23)c1C. The van der Waals surface area contributed by atoms with Crippen LogP contribution in [0, 0.1) is 6.92 Å². The van der Waals surface area contributed by atoms with Crippen LogP contribution in [-0.2, 0) is 22.6 Å². The molecule has 0 aliphatic heterocycles. The van der Waals surface area contributed by atoms with Crippen LogP contribution in [0.5, 0.6) is 0 Å². The Morgan fingerprint density at radius 3 is 2.62 bits per heavy atom. The van der Waals surface area contributed by atoms with Gasteiger partial charge in [-0.3, -0.25) is 9.78 Å². The van der Waals surface area contributed by atoms with E-state index in [0.29, 0.717) is 34.2 Å². The van der Waals surface area contributed by atoms with E-state index in [0.717, 1.165) is 22.2 Å². The molecule has 7 heteroatoms. The highest BCUT2D eigenvalue weighted by molar-refractivity contribution is 6.05. The van der Waals surface area contributed by atoms with E-state index >= 15 is 0 Å². The Bertz CT molecular complexity index is 1420. The Morgan fingerprint density at radius 2 is 1.88 bits per heavy atom. The van der Waals surface area contributed by atoms with Gasteiger partial charge in [0.25, 0.3) is 0 Å². The number of nitrogens with zero attached hydrogens (tertiary/aromatic N) is 1. The number of carbonyl (C=O) groups excluding carboxylic acids is 2. The second-order valence-corrected chi connectivity index (χ2v) is 7.49. The molecule has 2 aromatic heterocycles. The van der Waals surface area contributed by atoms with Crippen molar-refractivity contribution in [3.63, 3.8) is 0 Å². The van der Waals surface area contributed by atoms with Crippen molar-refractivity contribution in [2.24, 2.45) is 0 Å². The first kappa shape index (κ1) is 21.2. The summed E-state index contributed by atoms with van der Waals surface area (Å²) in [4.78, 5) is 41.1. The van der Waals surface area contributed by atoms with Crippen molar-refractivity contribution in [1.29, 1.82) is 0 Å². The van der Waals surface area contributed by atoms with Crippen LogP contribution in [-0.4, -0.2) is 16.9 Å². The summed E-state index contributed by atoms with van der Waals surface area (Å²) in [6.07, 6.45) is 0.692. The lowest BCUT2D eigenvalue weighted by molar-refractivity contribution is -0.114. The zero-order valence-electron chi connectivity index (χ0n) is 18.0. The van der Waals surface area contributed by atoms with Crippen molar-refractivity contribution in [2.45, 2.75) is 33.8 Å². The summed E-state index contributed by atoms with van der Waals surface area (Å²) in [5.41, 5.74) is 3.60. The molecule has 4 rings (SSSR count). The molecule has 32 heavy (non-hydrogen) atoms. The van der Waals surface area contributed by atoms with Crippen molar-refractivity contribution >= 4 is 39.4 Å². The molecule has 2 heterocycles. The molecule has 0 saturated carbocycles. The Kier molecular flexibility index (Phi) is 5.73. The van der Waals surface area contributed by atoms with E-state index < -0.39 is 11.6 Å². The number of para-hydroxylation sites is 1. The molecular weight excluding hydrogens is 408 g/mol. The van der Waals surface area contributed by atoms with Gasteiger partial charge in [-0.1, -0.05) is 25.1 Å². The Balaban J connectivity index is 1.69. The summed E-state index contributed by atoms with van der Waals surface area (Å²) in [6.45, 7) is 5.15. The monoisotopic (exact) mass is 430 g/mol. The molecule has 2 aromatic carbocycles. The zero-order chi connectivity index (χ0) is 22.8. The number of amides is 1. The van der Waals surface area contributed by atoms with Crippen molar-refractivity contribution in [1.82, 2.24) is 4.98 Å². The minimum absolute atomic E-state index is 0.0992. The van der Waals surface area contributed by atoms with Crippen molar-refractivity contribution < 1.29 is 18.7 Å². The van der Waals surface area contributed by atoms with Crippen molar-refractivity contribution in [3.05, 3.63) is 81.3 Å². The fourth-order valence-electron chi connectivity index (χ4n) is 3.81. The zero-order valence-corrected chi connectivity index (χ0v) is 18.0. The fourth-order valence-corrected chi connectivity index (χ4v) is 3.81. The first-order valence-corrected chi connectivity index (χ1v) is 10.3. The number of aryl methyl sites for hydroxylation is 1. The predicted octanol–water partition coefficient (Wildman–Crippen LogP) is 4.53. The van der Waals surface area contributed by atoms with Crippen LogP contribution in [0.25, 0.3) is 21.9 Å². The van der Waals surface area contributed by atoms with Crippen molar-refractivity contribution in [2.75, 3.05) is 5.32 Å². The Labute approximate surface area is 184 Å². The maximum atomic E-state index is 13.1. The molecule has 0 fully saturated rings. The first-order chi connectivity index (χ1) is 15.4. The third-order valence-electron chi connectivity index (χ3n) is 5.29. The van der Waals surface area contributed by atoms with Gasteiger partial charge >= 0.3 is 11.6 Å². The van der Waals surface area contributed by atoms with Crippen molar-refractivity contribution in [3.8, 4) is 0 Å². The highest BCUT2D eigenvalue weighted by atomic mass is 16.5. The number of aromatic nitrogens is 1. The smallest absolute Gasteiger partial charge is 0.339 e. The lowest BCUT2D eigenvalue weighted by atomic mass is 10.0. The summed E-state index contributed by atoms with van der Waals surface area (Å²) in [6, 6.07) is 13.7. The van der Waals surface area contributed by atoms with Crippen LogP contribution in [0.1, 0.15) is 41.0 Å². The van der Waals surface area contributed by atoms with Gasteiger partial charge in [0.1, 0.15) is 12.2 Å². The number of rotatable bonds is 5. The topological polar surface area (TPSA) is 98.5 Å². The van der Waals surface area contributed by atoms with E-state index in [4.69, 9.17) is 9.15 Å².